The lowest BCUT2D eigenvalue weighted by Gasteiger charge is -2.36. The summed E-state index contributed by atoms with van der Waals surface area (Å²) >= 11 is 0. The van der Waals surface area contributed by atoms with Gasteiger partial charge in [0.1, 0.15) is 5.69 Å². The lowest BCUT2D eigenvalue weighted by atomic mass is 10.1. The third-order valence-corrected chi connectivity index (χ3v) is 7.63. The highest BCUT2D eigenvalue weighted by Gasteiger charge is 2.37. The van der Waals surface area contributed by atoms with Gasteiger partial charge in [0.25, 0.3) is 5.91 Å². The van der Waals surface area contributed by atoms with Crippen LogP contribution in [0.2, 0.25) is 0 Å². The number of carbonyl (C=O) groups is 2. The molecular formula is C27H29ClF3N9O3. The molecule has 0 bridgehead atoms. The van der Waals surface area contributed by atoms with Crippen molar-refractivity contribution < 1.29 is 27.9 Å². The molecule has 16 heteroatoms. The van der Waals surface area contributed by atoms with E-state index in [4.69, 9.17) is 0 Å². The minimum atomic E-state index is -4.61. The fourth-order valence-corrected chi connectivity index (χ4v) is 5.45. The molecule has 43 heavy (non-hydrogen) atoms. The molecule has 2 saturated heterocycles. The van der Waals surface area contributed by atoms with Crippen LogP contribution in [0.25, 0.3) is 16.9 Å². The van der Waals surface area contributed by atoms with Crippen LogP contribution in [0.15, 0.2) is 43.0 Å². The minimum absolute atomic E-state index is 0. The summed E-state index contributed by atoms with van der Waals surface area (Å²) in [5.74, 6) is 0.132. The number of aliphatic hydroxyl groups is 1. The third kappa shape index (κ3) is 5.87. The van der Waals surface area contributed by atoms with Crippen LogP contribution in [-0.4, -0.2) is 96.2 Å². The summed E-state index contributed by atoms with van der Waals surface area (Å²) in [6.07, 6.45) is 0.676. The Bertz CT molecular complexity index is 1650. The Kier molecular flexibility index (Phi) is 8.31. The molecule has 5 heterocycles. The number of aromatic amines is 1. The smallest absolute Gasteiger partial charge is 0.392 e. The number of alkyl halides is 3. The number of halogens is 4. The number of nitrogens with one attached hydrogen (secondary N) is 3. The average Bonchev–Trinajstić information content (AvgIpc) is 3.72. The van der Waals surface area contributed by atoms with Crippen LogP contribution in [0.5, 0.6) is 0 Å². The van der Waals surface area contributed by atoms with Gasteiger partial charge in [-0.05, 0) is 37.1 Å². The monoisotopic (exact) mass is 619 g/mol. The number of aromatic nitrogens is 5. The first kappa shape index (κ1) is 30.3. The second-order valence-corrected chi connectivity index (χ2v) is 10.4. The number of anilines is 2. The first-order chi connectivity index (χ1) is 20.1. The van der Waals surface area contributed by atoms with Gasteiger partial charge >= 0.3 is 6.18 Å². The minimum Gasteiger partial charge on any atom is -0.392 e. The molecule has 2 aliphatic heterocycles. The quantitative estimate of drug-likeness (QED) is 0.267. The van der Waals surface area contributed by atoms with Gasteiger partial charge in [-0.2, -0.15) is 18.3 Å². The van der Waals surface area contributed by atoms with Crippen molar-refractivity contribution in [1.29, 1.82) is 0 Å². The van der Waals surface area contributed by atoms with Gasteiger partial charge in [-0.1, -0.05) is 0 Å². The van der Waals surface area contributed by atoms with Gasteiger partial charge < -0.3 is 25.5 Å². The van der Waals surface area contributed by atoms with Gasteiger partial charge in [-0.3, -0.25) is 19.1 Å². The molecular weight excluding hydrogens is 591 g/mol. The van der Waals surface area contributed by atoms with E-state index in [1.165, 1.54) is 23.0 Å². The molecule has 12 nitrogen and oxygen atoms in total. The van der Waals surface area contributed by atoms with Crippen molar-refractivity contribution in [1.82, 2.24) is 39.7 Å². The Balaban J connectivity index is 0.00000368. The van der Waals surface area contributed by atoms with Crippen molar-refractivity contribution in [3.63, 3.8) is 0 Å². The van der Waals surface area contributed by atoms with E-state index in [0.29, 0.717) is 61.9 Å². The Labute approximate surface area is 249 Å². The zero-order valence-corrected chi connectivity index (χ0v) is 23.7. The number of carbonyl (C=O) groups excluding carboxylic acids is 2. The Morgan fingerprint density at radius 1 is 1.09 bits per heavy atom. The van der Waals surface area contributed by atoms with Crippen LogP contribution in [0.1, 0.15) is 28.0 Å². The molecule has 0 spiro atoms. The number of piperazine rings is 1. The Morgan fingerprint density at radius 3 is 2.51 bits per heavy atom. The number of rotatable bonds is 5. The second-order valence-electron chi connectivity index (χ2n) is 10.4. The number of H-pyrrole nitrogens is 1. The number of amides is 2. The first-order valence-electron chi connectivity index (χ1n) is 13.4. The van der Waals surface area contributed by atoms with E-state index in [9.17, 15) is 27.9 Å². The van der Waals surface area contributed by atoms with Gasteiger partial charge in [0, 0.05) is 56.4 Å². The molecule has 0 saturated carbocycles. The van der Waals surface area contributed by atoms with Crippen LogP contribution in [0.3, 0.4) is 0 Å². The number of nitrogens with zero attached hydrogens (tertiary/aromatic N) is 6. The van der Waals surface area contributed by atoms with Gasteiger partial charge in [-0.25, -0.2) is 9.97 Å². The zero-order valence-electron chi connectivity index (χ0n) is 22.9. The van der Waals surface area contributed by atoms with Crippen molar-refractivity contribution in [3.05, 3.63) is 59.8 Å². The molecule has 2 aliphatic rings. The van der Waals surface area contributed by atoms with Gasteiger partial charge in [0.15, 0.2) is 11.5 Å². The van der Waals surface area contributed by atoms with Crippen LogP contribution in [-0.2, 0) is 11.0 Å². The predicted octanol–water partition coefficient (Wildman–Crippen LogP) is 2.62. The van der Waals surface area contributed by atoms with E-state index >= 15 is 0 Å². The highest BCUT2D eigenvalue weighted by Crippen LogP contribution is 2.36. The Morgan fingerprint density at radius 2 is 1.84 bits per heavy atom. The third-order valence-electron chi connectivity index (χ3n) is 7.63. The number of β-amino-alcohol motifs (C(OH)–C–C–N with tert-alkyl or cyclic N) is 1. The number of benzene rings is 1. The van der Waals surface area contributed by atoms with E-state index < -0.39 is 18.0 Å². The number of aliphatic hydroxyl groups excluding tert-OH is 1. The van der Waals surface area contributed by atoms with E-state index in [1.54, 1.807) is 28.0 Å². The average molecular weight is 620 g/mol. The van der Waals surface area contributed by atoms with E-state index in [2.05, 4.69) is 25.7 Å². The fraction of sp³-hybridized carbons (Fsp3) is 0.370. The van der Waals surface area contributed by atoms with Crippen molar-refractivity contribution in [2.45, 2.75) is 31.7 Å². The van der Waals surface area contributed by atoms with Crippen LogP contribution < -0.4 is 10.6 Å². The summed E-state index contributed by atoms with van der Waals surface area (Å²) in [6.45, 7) is 3.86. The van der Waals surface area contributed by atoms with Crippen molar-refractivity contribution in [2.24, 2.45) is 0 Å². The Hall–Kier alpha value is -4.21. The maximum atomic E-state index is 13.4. The first-order valence-corrected chi connectivity index (χ1v) is 13.4. The summed E-state index contributed by atoms with van der Waals surface area (Å²) in [7, 11) is 0. The lowest BCUT2D eigenvalue weighted by molar-refractivity contribution is -0.140. The van der Waals surface area contributed by atoms with Gasteiger partial charge in [0.05, 0.1) is 35.8 Å². The molecule has 0 unspecified atom stereocenters. The molecule has 3 aromatic heterocycles. The zero-order chi connectivity index (χ0) is 29.6. The highest BCUT2D eigenvalue weighted by molar-refractivity contribution is 5.96. The topological polar surface area (TPSA) is 144 Å². The summed E-state index contributed by atoms with van der Waals surface area (Å²) in [6, 6.07) is 4.84. The fourth-order valence-electron chi connectivity index (χ4n) is 5.45. The summed E-state index contributed by atoms with van der Waals surface area (Å²) < 4.78 is 41.8. The molecule has 4 aromatic rings. The molecule has 0 aliphatic carbocycles. The van der Waals surface area contributed by atoms with Crippen molar-refractivity contribution >= 4 is 41.4 Å². The van der Waals surface area contributed by atoms with Gasteiger partial charge in [-0.15, -0.1) is 12.4 Å². The highest BCUT2D eigenvalue weighted by atomic mass is 35.5. The summed E-state index contributed by atoms with van der Waals surface area (Å²) in [4.78, 5) is 38.1. The molecule has 2 amide bonds. The standard InChI is InChI=1S/C27H28F3N9O3.ClH/c1-15-10-16(2-3-18(15)25(41)37-6-8-38(9-7-37)26(42)20-11-17(40)12-32-20)35-23-24-33-14-21(39(24)5-4-31-23)19-13-34-36-22(19)27(28,29)30;/h2-5,10,13-14,17,20,32,40H,6-9,11-12H2,1H3,(H,31,35)(H,34,36);1H/t17-,20+;/m1./s1. The van der Waals surface area contributed by atoms with Crippen molar-refractivity contribution in [3.8, 4) is 11.3 Å². The van der Waals surface area contributed by atoms with Crippen molar-refractivity contribution in [2.75, 3.05) is 38.0 Å². The summed E-state index contributed by atoms with van der Waals surface area (Å²) in [5, 5.41) is 21.5. The van der Waals surface area contributed by atoms with Gasteiger partial charge in [0.2, 0.25) is 5.91 Å². The SMILES string of the molecule is Cc1cc(Nc2nccn3c(-c4cn[nH]c4C(F)(F)F)cnc23)ccc1C(=O)N1CCN(C(=O)[C@@H]2C[C@@H](O)CN2)CC1.Cl. The van der Waals surface area contributed by atoms with E-state index in [1.807, 2.05) is 12.0 Å². The maximum Gasteiger partial charge on any atom is 0.433 e. The molecule has 6 rings (SSSR count). The molecule has 0 radical (unpaired) electrons. The van der Waals surface area contributed by atoms with Crippen LogP contribution >= 0.6 is 12.4 Å². The number of fused-ring (bicyclic) bond motifs is 1. The normalized spacial score (nSPS) is 19.0. The van der Waals surface area contributed by atoms with E-state index in [-0.39, 0.29) is 41.5 Å². The lowest BCUT2D eigenvalue weighted by Crippen LogP contribution is -2.54. The van der Waals surface area contributed by atoms with Crippen LogP contribution in [0, 0.1) is 6.92 Å². The largest absolute Gasteiger partial charge is 0.433 e. The maximum absolute atomic E-state index is 13.4. The number of imidazole rings is 1. The summed E-state index contributed by atoms with van der Waals surface area (Å²) in [5.41, 5.74) is 1.28. The number of hydrogen-bond donors (Lipinski definition) is 4. The van der Waals surface area contributed by atoms with E-state index in [0.717, 1.165) is 11.8 Å². The molecule has 1 aromatic carbocycles. The molecule has 2 fully saturated rings. The second kappa shape index (κ2) is 11.8. The molecule has 2 atom stereocenters. The number of hydrogen-bond acceptors (Lipinski definition) is 8. The van der Waals surface area contributed by atoms with Crippen LogP contribution in [0.4, 0.5) is 24.7 Å². The molecule has 4 N–H and O–H groups in total. The number of aryl methyl sites for hydroxylation is 1. The predicted molar refractivity (Wildman–Crippen MR) is 152 cm³/mol. The molecule has 228 valence electrons.